The molecule has 1 heterocycles. The molecule has 0 saturated carbocycles. The average Bonchev–Trinajstić information content (AvgIpc) is 3.57. The number of ether oxygens (including phenoxy) is 5. The fourth-order valence-electron chi connectivity index (χ4n) is 9.54. The lowest BCUT2D eigenvalue weighted by Crippen LogP contribution is -2.61. The number of carboxylic acid groups (broad SMARTS) is 1. The van der Waals surface area contributed by atoms with E-state index in [2.05, 4.69) is 118 Å². The second kappa shape index (κ2) is 58.0. The lowest BCUT2D eigenvalue weighted by molar-refractivity contribution is -0.301. The van der Waals surface area contributed by atoms with E-state index in [-0.39, 0.29) is 25.9 Å². The molecule has 0 spiro atoms. The van der Waals surface area contributed by atoms with Crippen LogP contribution in [-0.2, 0) is 42.9 Å². The van der Waals surface area contributed by atoms with E-state index >= 15 is 0 Å². The van der Waals surface area contributed by atoms with Crippen molar-refractivity contribution in [2.24, 2.45) is 0 Å². The van der Waals surface area contributed by atoms with Crippen molar-refractivity contribution in [2.75, 3.05) is 13.2 Å². The zero-order valence-corrected chi connectivity index (χ0v) is 52.4. The summed E-state index contributed by atoms with van der Waals surface area (Å²) in [5.74, 6) is -3.16. The van der Waals surface area contributed by atoms with Crippen LogP contribution >= 0.6 is 0 Å². The predicted octanol–water partition coefficient (Wildman–Crippen LogP) is 18.0. The number of carbonyl (C=O) groups is 4. The van der Waals surface area contributed by atoms with Gasteiger partial charge in [0, 0.05) is 19.3 Å². The van der Waals surface area contributed by atoms with Crippen LogP contribution in [0.3, 0.4) is 0 Å². The van der Waals surface area contributed by atoms with E-state index in [9.17, 15) is 34.5 Å². The van der Waals surface area contributed by atoms with Gasteiger partial charge in [-0.1, -0.05) is 234 Å². The molecule has 83 heavy (non-hydrogen) atoms. The van der Waals surface area contributed by atoms with Gasteiger partial charge in [0.05, 0.1) is 6.61 Å². The zero-order chi connectivity index (χ0) is 60.3. The fraction of sp³-hybridized carbons (Fsp3) is 0.718. The van der Waals surface area contributed by atoms with E-state index < -0.39 is 67.3 Å². The topological polar surface area (TPSA) is 175 Å². The lowest BCUT2D eigenvalue weighted by atomic mass is 9.98. The summed E-state index contributed by atoms with van der Waals surface area (Å²) in [6.07, 6.45) is 65.0. The summed E-state index contributed by atoms with van der Waals surface area (Å²) in [5, 5.41) is 31.6. The van der Waals surface area contributed by atoms with Crippen LogP contribution in [0.25, 0.3) is 0 Å². The number of aliphatic carboxylic acids is 1. The highest BCUT2D eigenvalue weighted by molar-refractivity contribution is 5.74. The third kappa shape index (κ3) is 47.6. The maximum Gasteiger partial charge on any atom is 0.335 e. The molecule has 0 aliphatic carbocycles. The van der Waals surface area contributed by atoms with Crippen molar-refractivity contribution in [3.63, 3.8) is 0 Å². The van der Waals surface area contributed by atoms with E-state index in [1.165, 1.54) is 77.0 Å². The third-order valence-electron chi connectivity index (χ3n) is 14.6. The highest BCUT2D eigenvalue weighted by Gasteiger charge is 2.50. The van der Waals surface area contributed by atoms with E-state index in [0.29, 0.717) is 19.3 Å². The lowest BCUT2D eigenvalue weighted by Gasteiger charge is -2.40. The third-order valence-corrected chi connectivity index (χ3v) is 14.6. The molecule has 0 aromatic rings. The van der Waals surface area contributed by atoms with Crippen LogP contribution < -0.4 is 0 Å². The molecular formula is C71H118O12. The maximum absolute atomic E-state index is 13.2. The molecule has 0 radical (unpaired) electrons. The normalized spacial score (nSPS) is 18.2. The summed E-state index contributed by atoms with van der Waals surface area (Å²) < 4.78 is 28.5. The summed E-state index contributed by atoms with van der Waals surface area (Å²) in [5.41, 5.74) is 0. The number of allylic oxidation sites excluding steroid dienone is 16. The molecule has 1 aliphatic heterocycles. The Morgan fingerprint density at radius 2 is 0.759 bits per heavy atom. The van der Waals surface area contributed by atoms with Crippen LogP contribution in [0.1, 0.15) is 278 Å². The quantitative estimate of drug-likeness (QED) is 0.0228. The number of carbonyl (C=O) groups excluding carboxylic acids is 3. The summed E-state index contributed by atoms with van der Waals surface area (Å²) in [4.78, 5) is 51.4. The van der Waals surface area contributed by atoms with Crippen molar-refractivity contribution >= 4 is 23.9 Å². The number of unbranched alkanes of at least 4 members (excludes halogenated alkanes) is 26. The first-order valence-electron chi connectivity index (χ1n) is 33.2. The van der Waals surface area contributed by atoms with Crippen LogP contribution in [0.5, 0.6) is 0 Å². The summed E-state index contributed by atoms with van der Waals surface area (Å²) in [6, 6.07) is 0. The van der Waals surface area contributed by atoms with Crippen molar-refractivity contribution in [3.8, 4) is 0 Å². The van der Waals surface area contributed by atoms with Crippen LogP contribution in [0.2, 0.25) is 0 Å². The van der Waals surface area contributed by atoms with Crippen molar-refractivity contribution in [3.05, 3.63) is 97.2 Å². The Hall–Kier alpha value is -4.36. The van der Waals surface area contributed by atoms with Crippen LogP contribution in [0, 0.1) is 0 Å². The van der Waals surface area contributed by atoms with Gasteiger partial charge in [0.25, 0.3) is 0 Å². The molecule has 12 heteroatoms. The largest absolute Gasteiger partial charge is 0.479 e. The first-order chi connectivity index (χ1) is 40.6. The molecule has 0 aromatic carbocycles. The Bertz CT molecular complexity index is 1810. The minimum Gasteiger partial charge on any atom is -0.479 e. The number of esters is 3. The Morgan fingerprint density at radius 3 is 1.16 bits per heavy atom. The molecule has 0 amide bonds. The van der Waals surface area contributed by atoms with Gasteiger partial charge in [-0.2, -0.15) is 0 Å². The van der Waals surface area contributed by atoms with Crippen LogP contribution in [0.4, 0.5) is 0 Å². The first kappa shape index (κ1) is 76.7. The van der Waals surface area contributed by atoms with E-state index in [4.69, 9.17) is 23.7 Å². The van der Waals surface area contributed by atoms with E-state index in [1.807, 2.05) is 0 Å². The molecule has 0 bridgehead atoms. The molecule has 3 N–H and O–H groups in total. The highest BCUT2D eigenvalue weighted by atomic mass is 16.7. The molecule has 12 nitrogen and oxygen atoms in total. The van der Waals surface area contributed by atoms with Gasteiger partial charge in [0.15, 0.2) is 24.6 Å². The van der Waals surface area contributed by atoms with Gasteiger partial charge in [0.2, 0.25) is 0 Å². The Morgan fingerprint density at radius 1 is 0.410 bits per heavy atom. The first-order valence-corrected chi connectivity index (χ1v) is 33.2. The second-order valence-electron chi connectivity index (χ2n) is 22.4. The van der Waals surface area contributed by atoms with Crippen LogP contribution in [0.15, 0.2) is 97.2 Å². The molecule has 1 aliphatic rings. The molecule has 474 valence electrons. The Balaban J connectivity index is 2.68. The number of carboxylic acids is 1. The van der Waals surface area contributed by atoms with Crippen molar-refractivity contribution in [1.82, 2.24) is 0 Å². The van der Waals surface area contributed by atoms with Gasteiger partial charge in [-0.25, -0.2) is 4.79 Å². The molecule has 0 aromatic heterocycles. The summed E-state index contributed by atoms with van der Waals surface area (Å²) in [6.45, 7) is 5.83. The van der Waals surface area contributed by atoms with Gasteiger partial charge < -0.3 is 39.0 Å². The van der Waals surface area contributed by atoms with Crippen LogP contribution in [-0.4, -0.2) is 89.2 Å². The number of hydrogen-bond acceptors (Lipinski definition) is 11. The monoisotopic (exact) mass is 1160 g/mol. The molecule has 1 fully saturated rings. The summed E-state index contributed by atoms with van der Waals surface area (Å²) >= 11 is 0. The van der Waals surface area contributed by atoms with Crippen molar-refractivity contribution in [2.45, 2.75) is 314 Å². The minimum absolute atomic E-state index is 0.0357. The molecule has 1 rings (SSSR count). The number of hydrogen-bond donors (Lipinski definition) is 3. The molecular weight excluding hydrogens is 1040 g/mol. The van der Waals surface area contributed by atoms with E-state index in [1.54, 1.807) is 0 Å². The average molecular weight is 1160 g/mol. The maximum atomic E-state index is 13.2. The van der Waals surface area contributed by atoms with Gasteiger partial charge in [-0.15, -0.1) is 0 Å². The van der Waals surface area contributed by atoms with Gasteiger partial charge >= 0.3 is 23.9 Å². The molecule has 6 atom stereocenters. The summed E-state index contributed by atoms with van der Waals surface area (Å²) in [7, 11) is 0. The van der Waals surface area contributed by atoms with Crippen molar-refractivity contribution < 1.29 is 58.2 Å². The van der Waals surface area contributed by atoms with Gasteiger partial charge in [-0.05, 0) is 122 Å². The minimum atomic E-state index is -1.92. The van der Waals surface area contributed by atoms with Crippen molar-refractivity contribution in [1.29, 1.82) is 0 Å². The zero-order valence-electron chi connectivity index (χ0n) is 52.4. The number of rotatable bonds is 56. The smallest absolute Gasteiger partial charge is 0.335 e. The standard InChI is InChI=1S/C71H118O12/c1-4-7-10-13-16-19-22-25-28-30-32-34-37-39-42-45-48-51-54-57-63(72)79-60-62(81-64(73)58-55-52-49-46-43-41-38-35-33-31-29-26-23-20-17-14-11-8-5-2)61-80-71-69(67(76)66(75)68(83-71)70(77)78)82-65(74)59-56-53-50-47-44-40-36-27-24-21-18-15-12-9-6-3/h9,12,16-21,25-29,32,34,36,62,66-69,71,75-76H,4-8,10-11,13-15,22-24,30-31,33,35,37-61H2,1-3H3,(H,77,78)/b12-9-,19-16-,20-17-,21-18-,28-25-,29-26-,34-32-,36-27-. The second-order valence-corrected chi connectivity index (χ2v) is 22.4. The fourth-order valence-corrected chi connectivity index (χ4v) is 9.54. The SMILES string of the molecule is CC/C=C\C/C=C\C/C=C\CCCCCCCC(=O)OC1C(OCC(COC(=O)CCCCCCCC/C=C\C/C=C\C/C=C\CCCCC)OC(=O)CCCCCCCCCCC/C=C\C/C=C\CCCCC)OC(C(=O)O)C(O)C1O. The molecule has 6 unspecified atom stereocenters. The Labute approximate surface area is 504 Å². The van der Waals surface area contributed by atoms with E-state index in [0.717, 1.165) is 141 Å². The number of aliphatic hydroxyl groups is 2. The highest BCUT2D eigenvalue weighted by Crippen LogP contribution is 2.27. The number of aliphatic hydroxyl groups excluding tert-OH is 2. The predicted molar refractivity (Wildman–Crippen MR) is 340 cm³/mol. The Kier molecular flexibility index (Phi) is 53.6. The van der Waals surface area contributed by atoms with Gasteiger partial charge in [-0.3, -0.25) is 14.4 Å². The van der Waals surface area contributed by atoms with Gasteiger partial charge in [0.1, 0.15) is 18.8 Å². The molecule has 1 saturated heterocycles.